The van der Waals surface area contributed by atoms with E-state index in [1.807, 2.05) is 0 Å². The highest BCUT2D eigenvalue weighted by atomic mass is 35.5. The third-order valence-electron chi connectivity index (χ3n) is 2.51. The van der Waals surface area contributed by atoms with Gasteiger partial charge in [-0.25, -0.2) is 17.7 Å². The van der Waals surface area contributed by atoms with Crippen LogP contribution >= 0.6 is 11.6 Å². The fraction of sp³-hybridized carbons (Fsp3) is 0.167. The van der Waals surface area contributed by atoms with E-state index in [-0.39, 0.29) is 16.7 Å². The van der Waals surface area contributed by atoms with Crippen molar-refractivity contribution in [3.63, 3.8) is 0 Å². The molecule has 21 heavy (non-hydrogen) atoms. The van der Waals surface area contributed by atoms with Crippen molar-refractivity contribution in [2.75, 3.05) is 19.4 Å². The summed E-state index contributed by atoms with van der Waals surface area (Å²) < 4.78 is 29.7. The lowest BCUT2D eigenvalue weighted by Gasteiger charge is -2.07. The van der Waals surface area contributed by atoms with Crippen molar-refractivity contribution in [2.45, 2.75) is 5.09 Å². The molecule has 0 spiro atoms. The maximum Gasteiger partial charge on any atom is 0.292 e. The number of furan rings is 1. The van der Waals surface area contributed by atoms with Crippen molar-refractivity contribution in [1.82, 2.24) is 9.29 Å². The highest BCUT2D eigenvalue weighted by Gasteiger charge is 2.23. The van der Waals surface area contributed by atoms with E-state index in [4.69, 9.17) is 16.0 Å². The number of sulfonamides is 1. The standard InChI is InChI=1S/C12H12ClN3O4S/c1-16(2)21(18,19)11-6-4-9(20-11)12(17)15-10-5-3-8(13)7-14-10/h3-7H,1-2H3,(H,14,15,17). The van der Waals surface area contributed by atoms with Crippen molar-refractivity contribution in [1.29, 1.82) is 0 Å². The summed E-state index contributed by atoms with van der Waals surface area (Å²) in [6.45, 7) is 0. The number of anilines is 1. The van der Waals surface area contributed by atoms with Crippen molar-refractivity contribution in [3.8, 4) is 0 Å². The Morgan fingerprint density at radius 1 is 1.29 bits per heavy atom. The van der Waals surface area contributed by atoms with Gasteiger partial charge < -0.3 is 9.73 Å². The minimum Gasteiger partial charge on any atom is -0.438 e. The predicted molar refractivity (Wildman–Crippen MR) is 76.8 cm³/mol. The van der Waals surface area contributed by atoms with Gasteiger partial charge in [0, 0.05) is 20.3 Å². The first-order valence-electron chi connectivity index (χ1n) is 5.76. The van der Waals surface area contributed by atoms with E-state index in [9.17, 15) is 13.2 Å². The lowest BCUT2D eigenvalue weighted by molar-refractivity contribution is 0.0991. The van der Waals surface area contributed by atoms with E-state index >= 15 is 0 Å². The third kappa shape index (κ3) is 3.41. The number of hydrogen-bond donors (Lipinski definition) is 1. The second kappa shape index (κ2) is 5.84. The number of hydrogen-bond acceptors (Lipinski definition) is 5. The average molecular weight is 330 g/mol. The highest BCUT2D eigenvalue weighted by Crippen LogP contribution is 2.18. The summed E-state index contributed by atoms with van der Waals surface area (Å²) in [6.07, 6.45) is 1.38. The molecular formula is C12H12ClN3O4S. The molecular weight excluding hydrogens is 318 g/mol. The van der Waals surface area contributed by atoms with Crippen LogP contribution in [0.4, 0.5) is 5.82 Å². The van der Waals surface area contributed by atoms with E-state index < -0.39 is 15.9 Å². The quantitative estimate of drug-likeness (QED) is 0.923. The van der Waals surface area contributed by atoms with Crippen LogP contribution in [0.1, 0.15) is 10.6 Å². The summed E-state index contributed by atoms with van der Waals surface area (Å²) in [6, 6.07) is 5.58. The summed E-state index contributed by atoms with van der Waals surface area (Å²) in [5, 5.41) is 2.60. The van der Waals surface area contributed by atoms with Crippen LogP contribution in [0.2, 0.25) is 5.02 Å². The number of carbonyl (C=O) groups is 1. The maximum absolute atomic E-state index is 11.9. The molecule has 0 aromatic carbocycles. The summed E-state index contributed by atoms with van der Waals surface area (Å²) in [4.78, 5) is 15.8. The summed E-state index contributed by atoms with van der Waals surface area (Å²) in [5.74, 6) is -0.463. The molecule has 0 radical (unpaired) electrons. The van der Waals surface area contributed by atoms with Gasteiger partial charge in [-0.15, -0.1) is 0 Å². The minimum absolute atomic E-state index is 0.132. The second-order valence-electron chi connectivity index (χ2n) is 4.22. The van der Waals surface area contributed by atoms with Crippen molar-refractivity contribution < 1.29 is 17.6 Å². The Labute approximate surface area is 126 Å². The van der Waals surface area contributed by atoms with Gasteiger partial charge in [-0.05, 0) is 24.3 Å². The van der Waals surface area contributed by atoms with Crippen LogP contribution in [0.3, 0.4) is 0 Å². The van der Waals surface area contributed by atoms with Crippen LogP contribution in [0.25, 0.3) is 0 Å². The number of nitrogens with one attached hydrogen (secondary N) is 1. The first-order valence-corrected chi connectivity index (χ1v) is 7.58. The van der Waals surface area contributed by atoms with E-state index in [1.165, 1.54) is 38.5 Å². The zero-order valence-corrected chi connectivity index (χ0v) is 12.8. The van der Waals surface area contributed by atoms with E-state index in [2.05, 4.69) is 10.3 Å². The molecule has 0 fully saturated rings. The Kier molecular flexibility index (Phi) is 4.31. The molecule has 0 aliphatic rings. The maximum atomic E-state index is 11.9. The van der Waals surface area contributed by atoms with Crippen LogP contribution in [0.15, 0.2) is 40.0 Å². The number of rotatable bonds is 4. The smallest absolute Gasteiger partial charge is 0.292 e. The van der Waals surface area contributed by atoms with Gasteiger partial charge >= 0.3 is 0 Å². The minimum atomic E-state index is -3.71. The lowest BCUT2D eigenvalue weighted by Crippen LogP contribution is -2.21. The van der Waals surface area contributed by atoms with Gasteiger partial charge in [0.15, 0.2) is 5.76 Å². The van der Waals surface area contributed by atoms with Gasteiger partial charge in [0.1, 0.15) is 5.82 Å². The van der Waals surface area contributed by atoms with E-state index in [0.29, 0.717) is 5.02 Å². The molecule has 0 atom stereocenters. The molecule has 0 unspecified atom stereocenters. The summed E-state index contributed by atoms with van der Waals surface area (Å²) >= 11 is 5.68. The number of halogens is 1. The molecule has 2 heterocycles. The zero-order valence-electron chi connectivity index (χ0n) is 11.2. The molecule has 0 saturated heterocycles. The van der Waals surface area contributed by atoms with Gasteiger partial charge in [-0.1, -0.05) is 11.6 Å². The molecule has 0 aliphatic carbocycles. The normalized spacial score (nSPS) is 11.6. The van der Waals surface area contributed by atoms with Crippen molar-refractivity contribution >= 4 is 33.3 Å². The molecule has 9 heteroatoms. The fourth-order valence-corrected chi connectivity index (χ4v) is 2.30. The molecule has 1 N–H and O–H groups in total. The van der Waals surface area contributed by atoms with Gasteiger partial charge in [-0.2, -0.15) is 0 Å². The van der Waals surface area contributed by atoms with Gasteiger partial charge in [0.05, 0.1) is 5.02 Å². The Morgan fingerprint density at radius 2 is 2.00 bits per heavy atom. The number of carbonyl (C=O) groups excluding carboxylic acids is 1. The van der Waals surface area contributed by atoms with Gasteiger partial charge in [0.25, 0.3) is 15.9 Å². The molecule has 2 aromatic heterocycles. The Hall–Kier alpha value is -1.90. The SMILES string of the molecule is CN(C)S(=O)(=O)c1ccc(C(=O)Nc2ccc(Cl)cn2)o1. The second-order valence-corrected chi connectivity index (χ2v) is 6.74. The van der Waals surface area contributed by atoms with Crippen molar-refractivity contribution in [2.24, 2.45) is 0 Å². The van der Waals surface area contributed by atoms with Crippen LogP contribution in [0.5, 0.6) is 0 Å². The number of pyridine rings is 1. The largest absolute Gasteiger partial charge is 0.438 e. The molecule has 7 nitrogen and oxygen atoms in total. The van der Waals surface area contributed by atoms with E-state index in [0.717, 1.165) is 4.31 Å². The number of nitrogens with zero attached hydrogens (tertiary/aromatic N) is 2. The third-order valence-corrected chi connectivity index (χ3v) is 4.42. The first kappa shape index (κ1) is 15.5. The van der Waals surface area contributed by atoms with Crippen LogP contribution < -0.4 is 5.32 Å². The Morgan fingerprint density at radius 3 is 2.57 bits per heavy atom. The Balaban J connectivity index is 2.18. The lowest BCUT2D eigenvalue weighted by atomic mass is 10.4. The summed E-state index contributed by atoms with van der Waals surface area (Å²) in [7, 11) is -0.974. The average Bonchev–Trinajstić information content (AvgIpc) is 2.91. The first-order chi connectivity index (χ1) is 9.80. The van der Waals surface area contributed by atoms with Gasteiger partial charge in [0.2, 0.25) is 5.09 Å². The molecule has 2 rings (SSSR count). The monoisotopic (exact) mass is 329 g/mol. The zero-order chi connectivity index (χ0) is 15.6. The van der Waals surface area contributed by atoms with Crippen molar-refractivity contribution in [3.05, 3.63) is 41.2 Å². The fourth-order valence-electron chi connectivity index (χ4n) is 1.39. The molecule has 1 amide bonds. The molecule has 0 bridgehead atoms. The Bertz CT molecular complexity index is 753. The molecule has 112 valence electrons. The van der Waals surface area contributed by atoms with Gasteiger partial charge in [-0.3, -0.25) is 4.79 Å². The molecule has 0 aliphatic heterocycles. The van der Waals surface area contributed by atoms with Crippen LogP contribution in [0, 0.1) is 0 Å². The van der Waals surface area contributed by atoms with Crippen LogP contribution in [-0.2, 0) is 10.0 Å². The highest BCUT2D eigenvalue weighted by molar-refractivity contribution is 7.88. The number of aromatic nitrogens is 1. The van der Waals surface area contributed by atoms with Crippen LogP contribution in [-0.4, -0.2) is 37.7 Å². The predicted octanol–water partition coefficient (Wildman–Crippen LogP) is 1.83. The summed E-state index contributed by atoms with van der Waals surface area (Å²) in [5.41, 5.74) is 0. The molecule has 2 aromatic rings. The molecule has 0 saturated carbocycles. The topological polar surface area (TPSA) is 92.5 Å². The number of amides is 1. The van der Waals surface area contributed by atoms with E-state index in [1.54, 1.807) is 6.07 Å².